The van der Waals surface area contributed by atoms with E-state index < -0.39 is 23.5 Å². The lowest BCUT2D eigenvalue weighted by atomic mass is 10.1. The van der Waals surface area contributed by atoms with Gasteiger partial charge in [0.05, 0.1) is 10.6 Å². The van der Waals surface area contributed by atoms with Crippen LogP contribution < -0.4 is 4.74 Å². The maximum Gasteiger partial charge on any atom is 0.416 e. The van der Waals surface area contributed by atoms with E-state index in [9.17, 15) is 22.4 Å². The van der Waals surface area contributed by atoms with Crippen molar-refractivity contribution in [2.75, 3.05) is 0 Å². The number of aromatic carboxylic acids is 1. The van der Waals surface area contributed by atoms with Crippen LogP contribution in [0.4, 0.5) is 17.6 Å². The quantitative estimate of drug-likeness (QED) is 0.569. The monoisotopic (exact) mass is 411 g/mol. The molecule has 28 heavy (non-hydrogen) atoms. The van der Waals surface area contributed by atoms with Gasteiger partial charge in [-0.25, -0.2) is 14.2 Å². The molecule has 0 unspecified atom stereocenters. The van der Waals surface area contributed by atoms with Gasteiger partial charge in [0.1, 0.15) is 18.2 Å². The number of carboxylic acid groups (broad SMARTS) is 1. The Labute approximate surface area is 161 Å². The van der Waals surface area contributed by atoms with Crippen molar-refractivity contribution in [1.29, 1.82) is 0 Å². The van der Waals surface area contributed by atoms with Gasteiger partial charge in [0.15, 0.2) is 5.69 Å². The third kappa shape index (κ3) is 4.86. The van der Waals surface area contributed by atoms with E-state index in [-0.39, 0.29) is 30.0 Å². The van der Waals surface area contributed by atoms with Crippen molar-refractivity contribution in [2.45, 2.75) is 19.2 Å². The Bertz CT molecular complexity index is 984. The number of benzene rings is 2. The van der Waals surface area contributed by atoms with E-state index in [1.54, 1.807) is 0 Å². The van der Waals surface area contributed by atoms with Crippen LogP contribution >= 0.6 is 11.3 Å². The van der Waals surface area contributed by atoms with E-state index in [1.807, 2.05) is 0 Å². The van der Waals surface area contributed by atoms with Gasteiger partial charge in [-0.05, 0) is 35.9 Å². The highest BCUT2D eigenvalue weighted by molar-refractivity contribution is 7.09. The van der Waals surface area contributed by atoms with Gasteiger partial charge in [0.2, 0.25) is 0 Å². The molecule has 0 spiro atoms. The average molecular weight is 411 g/mol. The van der Waals surface area contributed by atoms with Crippen molar-refractivity contribution < 1.29 is 32.2 Å². The molecule has 9 heteroatoms. The molecular formula is C19H13F4NO3S. The number of carboxylic acids is 1. The van der Waals surface area contributed by atoms with E-state index in [2.05, 4.69) is 4.98 Å². The Balaban J connectivity index is 1.87. The van der Waals surface area contributed by atoms with E-state index in [4.69, 9.17) is 9.84 Å². The van der Waals surface area contributed by atoms with Gasteiger partial charge in [-0.3, -0.25) is 0 Å². The van der Waals surface area contributed by atoms with Crippen molar-refractivity contribution in [2.24, 2.45) is 0 Å². The van der Waals surface area contributed by atoms with Crippen LogP contribution in [-0.2, 0) is 19.2 Å². The molecule has 0 bridgehead atoms. The van der Waals surface area contributed by atoms with Crippen molar-refractivity contribution in [3.8, 4) is 5.75 Å². The molecule has 0 saturated heterocycles. The fourth-order valence-electron chi connectivity index (χ4n) is 2.43. The fourth-order valence-corrected chi connectivity index (χ4v) is 3.22. The second-order valence-corrected chi connectivity index (χ2v) is 6.79. The lowest BCUT2D eigenvalue weighted by Gasteiger charge is -2.14. The zero-order chi connectivity index (χ0) is 20.3. The summed E-state index contributed by atoms with van der Waals surface area (Å²) >= 11 is 1.04. The van der Waals surface area contributed by atoms with Gasteiger partial charge in [0, 0.05) is 17.4 Å². The van der Waals surface area contributed by atoms with Crippen molar-refractivity contribution in [1.82, 2.24) is 4.98 Å². The van der Waals surface area contributed by atoms with E-state index in [1.165, 1.54) is 35.7 Å². The number of thiazole rings is 1. The molecule has 0 atom stereocenters. The summed E-state index contributed by atoms with van der Waals surface area (Å²) in [6.45, 7) is 0.0386. The largest absolute Gasteiger partial charge is 0.489 e. The maximum atomic E-state index is 13.1. The van der Waals surface area contributed by atoms with Crippen LogP contribution in [0.15, 0.2) is 47.8 Å². The predicted octanol–water partition coefficient (Wildman–Crippen LogP) is 5.17. The Morgan fingerprint density at radius 2 is 1.86 bits per heavy atom. The first-order valence-electron chi connectivity index (χ1n) is 7.97. The molecule has 0 radical (unpaired) electrons. The highest BCUT2D eigenvalue weighted by Crippen LogP contribution is 2.34. The lowest BCUT2D eigenvalue weighted by Crippen LogP contribution is -2.07. The SMILES string of the molecule is O=C(O)c1csc(Cc2cc(C(F)(F)F)ccc2OCc2ccc(F)cc2)n1. The van der Waals surface area contributed by atoms with Crippen LogP contribution in [0.3, 0.4) is 0 Å². The number of nitrogens with zero attached hydrogens (tertiary/aromatic N) is 1. The molecule has 0 aliphatic rings. The van der Waals surface area contributed by atoms with Crippen LogP contribution in [0.1, 0.15) is 32.2 Å². The standard InChI is InChI=1S/C19H13F4NO3S/c20-14-4-1-11(2-5-14)9-27-16-6-3-13(19(21,22)23)7-12(16)8-17-24-15(10-28-17)18(25)26/h1-7,10H,8-9H2,(H,25,26). The summed E-state index contributed by atoms with van der Waals surface area (Å²) in [5.41, 5.74) is -0.134. The molecule has 3 rings (SSSR count). The maximum absolute atomic E-state index is 13.1. The first-order chi connectivity index (χ1) is 13.2. The van der Waals surface area contributed by atoms with E-state index >= 15 is 0 Å². The number of rotatable bonds is 6. The summed E-state index contributed by atoms with van der Waals surface area (Å²) in [6.07, 6.45) is -4.54. The smallest absolute Gasteiger partial charge is 0.416 e. The molecule has 3 aromatic rings. The second-order valence-electron chi connectivity index (χ2n) is 5.84. The van der Waals surface area contributed by atoms with Gasteiger partial charge >= 0.3 is 12.1 Å². The third-order valence-electron chi connectivity index (χ3n) is 3.81. The Hall–Kier alpha value is -2.94. The predicted molar refractivity (Wildman–Crippen MR) is 94.1 cm³/mol. The summed E-state index contributed by atoms with van der Waals surface area (Å²) in [6, 6.07) is 8.63. The number of aromatic nitrogens is 1. The number of carbonyl (C=O) groups is 1. The molecule has 1 heterocycles. The molecular weight excluding hydrogens is 398 g/mol. The molecule has 0 amide bonds. The molecule has 4 nitrogen and oxygen atoms in total. The summed E-state index contributed by atoms with van der Waals surface area (Å²) in [5, 5.41) is 10.6. The van der Waals surface area contributed by atoms with Gasteiger partial charge in [-0.2, -0.15) is 13.2 Å². The lowest BCUT2D eigenvalue weighted by molar-refractivity contribution is -0.137. The zero-order valence-corrected chi connectivity index (χ0v) is 15.0. The number of hydrogen-bond donors (Lipinski definition) is 1. The minimum absolute atomic E-state index is 0.0133. The first kappa shape index (κ1) is 19.8. The van der Waals surface area contributed by atoms with Crippen LogP contribution in [0.5, 0.6) is 5.75 Å². The highest BCUT2D eigenvalue weighted by atomic mass is 32.1. The second kappa shape index (κ2) is 7.97. The van der Waals surface area contributed by atoms with Crippen LogP contribution in [-0.4, -0.2) is 16.1 Å². The van der Waals surface area contributed by atoms with Crippen LogP contribution in [0.25, 0.3) is 0 Å². The summed E-state index contributed by atoms with van der Waals surface area (Å²) < 4.78 is 57.8. The minimum Gasteiger partial charge on any atom is -0.489 e. The van der Waals surface area contributed by atoms with E-state index in [0.717, 1.165) is 23.5 Å². The number of ether oxygens (including phenoxy) is 1. The number of halogens is 4. The average Bonchev–Trinajstić information content (AvgIpc) is 3.10. The summed E-state index contributed by atoms with van der Waals surface area (Å²) in [7, 11) is 0. The van der Waals surface area contributed by atoms with Crippen molar-refractivity contribution >= 4 is 17.3 Å². The number of hydrogen-bond acceptors (Lipinski definition) is 4. The molecule has 146 valence electrons. The molecule has 0 saturated carbocycles. The first-order valence-corrected chi connectivity index (χ1v) is 8.85. The Morgan fingerprint density at radius 3 is 2.46 bits per heavy atom. The van der Waals surface area contributed by atoms with Crippen molar-refractivity contribution in [3.05, 3.63) is 81.1 Å². The zero-order valence-electron chi connectivity index (χ0n) is 14.2. The van der Waals surface area contributed by atoms with Crippen LogP contribution in [0.2, 0.25) is 0 Å². The highest BCUT2D eigenvalue weighted by Gasteiger charge is 2.31. The molecule has 1 aromatic heterocycles. The molecule has 2 aromatic carbocycles. The van der Waals surface area contributed by atoms with Gasteiger partial charge < -0.3 is 9.84 Å². The van der Waals surface area contributed by atoms with Crippen LogP contribution in [0, 0.1) is 5.82 Å². The Morgan fingerprint density at radius 1 is 1.14 bits per heavy atom. The fraction of sp³-hybridized carbons (Fsp3) is 0.158. The van der Waals surface area contributed by atoms with Gasteiger partial charge in [-0.1, -0.05) is 12.1 Å². The topological polar surface area (TPSA) is 59.4 Å². The summed E-state index contributed by atoms with van der Waals surface area (Å²) in [4.78, 5) is 14.9. The molecule has 0 fully saturated rings. The molecule has 0 aliphatic carbocycles. The summed E-state index contributed by atoms with van der Waals surface area (Å²) in [5.74, 6) is -1.40. The van der Waals surface area contributed by atoms with Gasteiger partial charge in [-0.15, -0.1) is 11.3 Å². The molecule has 0 aliphatic heterocycles. The van der Waals surface area contributed by atoms with Gasteiger partial charge in [0.25, 0.3) is 0 Å². The molecule has 1 N–H and O–H groups in total. The van der Waals surface area contributed by atoms with E-state index in [0.29, 0.717) is 10.6 Å². The third-order valence-corrected chi connectivity index (χ3v) is 4.66. The Kier molecular flexibility index (Phi) is 5.64. The minimum atomic E-state index is -4.53. The normalized spacial score (nSPS) is 11.4. The van der Waals surface area contributed by atoms with Crippen molar-refractivity contribution in [3.63, 3.8) is 0 Å². The number of alkyl halides is 3.